The van der Waals surface area contributed by atoms with E-state index >= 15 is 0 Å². The third-order valence-corrected chi connectivity index (χ3v) is 18.3. The van der Waals surface area contributed by atoms with E-state index < -0.39 is 52.9 Å². The van der Waals surface area contributed by atoms with Crippen LogP contribution >= 0.6 is 12.2 Å². The number of hydrogen-bond donors (Lipinski definition) is 1. The van der Waals surface area contributed by atoms with Crippen molar-refractivity contribution >= 4 is 34.6 Å². The first-order valence-electron chi connectivity index (χ1n) is 14.2. The quantitative estimate of drug-likeness (QED) is 0.253. The Hall–Kier alpha value is -2.14. The summed E-state index contributed by atoms with van der Waals surface area (Å²) in [5.74, 6) is 0.508. The van der Waals surface area contributed by atoms with Crippen molar-refractivity contribution in [3.8, 4) is 5.75 Å². The Morgan fingerprint density at radius 2 is 1.56 bits per heavy atom. The molecule has 1 N–H and O–H groups in total. The van der Waals surface area contributed by atoms with Crippen LogP contribution in [0, 0.1) is 0 Å². The zero-order valence-electron chi connectivity index (χ0n) is 25.0. The number of fused-ring (bicyclic) bond motifs is 1. The molecular formula is C28H42N2O8SSi2. The van der Waals surface area contributed by atoms with Gasteiger partial charge in [-0.2, -0.15) is 0 Å². The van der Waals surface area contributed by atoms with E-state index in [1.807, 2.05) is 18.2 Å². The Balaban J connectivity index is 1.80. The molecule has 4 atom stereocenters. The molecule has 2 saturated heterocycles. The predicted molar refractivity (Wildman–Crippen MR) is 164 cm³/mol. The fourth-order valence-electron chi connectivity index (χ4n) is 5.82. The van der Waals surface area contributed by atoms with E-state index in [2.05, 4.69) is 60.4 Å². The van der Waals surface area contributed by atoms with Gasteiger partial charge in [-0.3, -0.25) is 14.3 Å². The van der Waals surface area contributed by atoms with Crippen LogP contribution in [0.4, 0.5) is 0 Å². The van der Waals surface area contributed by atoms with Gasteiger partial charge >= 0.3 is 28.0 Å². The van der Waals surface area contributed by atoms with Crippen molar-refractivity contribution in [2.45, 2.75) is 102 Å². The Morgan fingerprint density at radius 3 is 2.12 bits per heavy atom. The standard InChI is InChI=1S/C28H42N2O8SSi2/c1-17(2)40(18(3)4)33-16-22-24(37-41(38-40,19(5)6)20(7)8)25(36-28(39)34-21-12-10-9-11-13-21)26(35-22)30-15-14-23(31)29-27(30)32/h9-15,17-20,22,24-26H,16H2,1-8H3,(H,29,31,32)/t22-,24-,25-,26-/m1/s1/i16+1,22+1,24+1,25+1,26+1,29+1,30+1. The highest BCUT2D eigenvalue weighted by Crippen LogP contribution is 2.48. The molecular weight excluding hydrogens is 588 g/mol. The number of thiocarbonyl (C=S) groups is 1. The number of hydrogen-bond acceptors (Lipinski definition) is 9. The first-order chi connectivity index (χ1) is 19.3. The molecule has 41 heavy (non-hydrogen) atoms. The van der Waals surface area contributed by atoms with Crippen LogP contribution in [0.1, 0.15) is 61.6 Å². The van der Waals surface area contributed by atoms with Gasteiger partial charge in [-0.05, 0) is 34.3 Å². The lowest BCUT2D eigenvalue weighted by molar-refractivity contribution is -0.0599. The van der Waals surface area contributed by atoms with E-state index in [9.17, 15) is 9.59 Å². The fraction of sp³-hybridized carbons (Fsp3) is 0.607. The number of H-pyrrole nitrogens is 1. The highest BCUT2D eigenvalue weighted by molar-refractivity contribution is 7.79. The number of benzene rings is 1. The molecule has 0 aliphatic carbocycles. The molecule has 2 aromatic rings. The van der Waals surface area contributed by atoms with Crippen molar-refractivity contribution in [3.05, 3.63) is 63.4 Å². The largest absolute Gasteiger partial charge is 0.446 e. The average molecular weight is 630 g/mol. The zero-order valence-corrected chi connectivity index (χ0v) is 27.8. The van der Waals surface area contributed by atoms with Crippen molar-refractivity contribution in [1.29, 1.82) is 0 Å². The molecule has 0 radical (unpaired) electrons. The van der Waals surface area contributed by atoms with E-state index in [0.717, 1.165) is 0 Å². The topological polar surface area (TPSA) is 110 Å². The summed E-state index contributed by atoms with van der Waals surface area (Å²) < 4.78 is 41.2. The van der Waals surface area contributed by atoms with E-state index in [1.165, 1.54) is 16.8 Å². The van der Waals surface area contributed by atoms with Gasteiger partial charge in [0.05, 0.1) is 6.61 Å². The maximum atomic E-state index is 12.9. The molecule has 4 rings (SSSR count). The minimum Gasteiger partial charge on any atom is -0.446 e. The number of nitrogens with one attached hydrogen (secondary N) is 1. The Kier molecular flexibility index (Phi) is 9.78. The summed E-state index contributed by atoms with van der Waals surface area (Å²) in [7, 11) is -5.86. The lowest BCUT2D eigenvalue weighted by Crippen LogP contribution is -2.66. The number of ether oxygens (including phenoxy) is 3. The van der Waals surface area contributed by atoms with Gasteiger partial charge < -0.3 is 27.2 Å². The first-order valence-corrected chi connectivity index (χ1v) is 18.6. The van der Waals surface area contributed by atoms with Crippen molar-refractivity contribution in [2.24, 2.45) is 0 Å². The highest BCUT2D eigenvalue weighted by Gasteiger charge is 2.62. The van der Waals surface area contributed by atoms with Gasteiger partial charge in [0, 0.05) is 24.5 Å². The molecule has 0 unspecified atom stereocenters. The molecule has 2 aliphatic heterocycles. The Labute approximate surface area is 248 Å². The predicted octanol–water partition coefficient (Wildman–Crippen LogP) is 5.14. The van der Waals surface area contributed by atoms with Crippen LogP contribution in [0.2, 0.25) is 22.2 Å². The second-order valence-corrected chi connectivity index (χ2v) is 21.1. The fourth-order valence-corrected chi connectivity index (χ4v) is 17.2. The minimum atomic E-state index is -3.04. The second kappa shape index (κ2) is 12.6. The first kappa shape index (κ1) is 31.8. The maximum absolute atomic E-state index is 12.9. The average Bonchev–Trinajstić information content (AvgIpc) is 3.19. The van der Waals surface area contributed by atoms with Crippen molar-refractivity contribution in [3.63, 3.8) is 0 Å². The normalized spacial score (nSPS) is 25.7. The van der Waals surface area contributed by atoms with Crippen LogP contribution in [0.25, 0.3) is 0 Å². The third kappa shape index (κ3) is 6.31. The van der Waals surface area contributed by atoms with Crippen LogP contribution in [-0.4, -0.2) is 56.8 Å². The third-order valence-electron chi connectivity index (χ3n) is 7.92. The van der Waals surface area contributed by atoms with Gasteiger partial charge in [-0.1, -0.05) is 73.6 Å². The Bertz CT molecular complexity index is 1300. The summed E-state index contributed by atoms with van der Waals surface area (Å²) in [4.78, 5) is 27.1. The summed E-state index contributed by atoms with van der Waals surface area (Å²) in [6.07, 6.45) is -1.78. The van der Waals surface area contributed by atoms with Crippen LogP contribution in [-0.2, 0) is 22.4 Å². The lowest BCUT2D eigenvalue weighted by Gasteiger charge is -2.51. The Morgan fingerprint density at radius 1 is 0.951 bits per heavy atom. The number of para-hydroxylation sites is 1. The van der Waals surface area contributed by atoms with Gasteiger partial charge in [0.15, 0.2) is 12.3 Å². The molecule has 1 aromatic carbocycles. The molecule has 0 spiro atoms. The summed E-state index contributed by atoms with van der Waals surface area (Å²) >= 11 is 5.50. The van der Waals surface area contributed by atoms with Gasteiger partial charge in [0.1, 0.15) is 18.0 Å². The van der Waals surface area contributed by atoms with E-state index in [0.29, 0.717) is 5.75 Å². The number of aromatic amines is 1. The van der Waals surface area contributed by atoms with Gasteiger partial charge in [0.25, 0.3) is 5.56 Å². The smallest absolute Gasteiger partial charge is 0.358 e. The van der Waals surface area contributed by atoms with E-state index in [4.69, 9.17) is 39.4 Å². The van der Waals surface area contributed by atoms with Gasteiger partial charge in [0.2, 0.25) is 0 Å². The molecule has 1 aromatic heterocycles. The summed E-state index contributed by atoms with van der Waals surface area (Å²) in [5, 5.41) is -0.144. The zero-order chi connectivity index (χ0) is 30.1. The van der Waals surface area contributed by atoms with Gasteiger partial charge in [-0.15, -0.1) is 0 Å². The van der Waals surface area contributed by atoms with E-state index in [1.54, 1.807) is 12.1 Å². The number of nitrogens with zero attached hydrogens (tertiary/aromatic N) is 1. The highest BCUT2D eigenvalue weighted by atomic mass is 32.1. The summed E-state index contributed by atoms with van der Waals surface area (Å²) in [6.45, 7) is 17.3. The van der Waals surface area contributed by atoms with Crippen molar-refractivity contribution in [2.75, 3.05) is 6.61 Å². The number of rotatable bonds is 7. The maximum Gasteiger partial charge on any atom is 0.358 e. The monoisotopic (exact) mass is 629 g/mol. The molecule has 0 saturated carbocycles. The molecule has 2 aliphatic rings. The molecule has 0 amide bonds. The van der Waals surface area contributed by atoms with Crippen LogP contribution in [0.3, 0.4) is 0 Å². The molecule has 226 valence electrons. The summed E-state index contributed by atoms with van der Waals surface area (Å²) in [6, 6.07) is 10.3. The molecule has 13 heteroatoms. The second-order valence-electron chi connectivity index (χ2n) is 11.9. The van der Waals surface area contributed by atoms with Crippen LogP contribution in [0.15, 0.2) is 52.2 Å². The van der Waals surface area contributed by atoms with Gasteiger partial charge in [-0.25, -0.2) is 4.79 Å². The lowest BCUT2D eigenvalue weighted by atomic mass is 10.3. The van der Waals surface area contributed by atoms with Crippen molar-refractivity contribution in [1.82, 2.24) is 9.55 Å². The number of aromatic nitrogens is 2. The van der Waals surface area contributed by atoms with E-state index in [-0.39, 0.29) is 34.0 Å². The molecule has 10 nitrogen and oxygen atoms in total. The minimum absolute atomic E-state index is 0.0669. The SMILES string of the molecule is CC(C)[Si]1(C(C)C)O[13CH2][13C@H]2O[13C@@H]([15n]3ccc(=O)[15nH]c3=O)[13C@H](OC(=S)Oc3ccccc3)[13C@@H]2O[Si](C(C)C)(C(C)C)O1. The molecule has 0 bridgehead atoms. The van der Waals surface area contributed by atoms with Crippen LogP contribution < -0.4 is 16.0 Å². The molecule has 3 heterocycles. The van der Waals surface area contributed by atoms with Crippen molar-refractivity contribution < 1.29 is 27.2 Å². The molecule has 2 fully saturated rings. The van der Waals surface area contributed by atoms with Crippen LogP contribution in [0.5, 0.6) is 5.75 Å². The summed E-state index contributed by atoms with van der Waals surface area (Å²) in [5.41, 5.74) is -0.703.